The summed E-state index contributed by atoms with van der Waals surface area (Å²) in [7, 11) is 0. The van der Waals surface area contributed by atoms with Gasteiger partial charge in [-0.05, 0) is 13.8 Å². The molecule has 6 heteroatoms. The molecule has 0 radical (unpaired) electrons. The number of ether oxygens (including phenoxy) is 1. The van der Waals surface area contributed by atoms with Gasteiger partial charge in [-0.1, -0.05) is 0 Å². The summed E-state index contributed by atoms with van der Waals surface area (Å²) in [4.78, 5) is 3.90. The Kier molecular flexibility index (Phi) is 3.47. The second kappa shape index (κ2) is 4.89. The number of aromatic nitrogens is 2. The Balaban J connectivity index is 2.34. The molecule has 1 aromatic heterocycles. The predicted molar refractivity (Wildman–Crippen MR) is 65.1 cm³/mol. The van der Waals surface area contributed by atoms with Crippen molar-refractivity contribution in [3.63, 3.8) is 0 Å². The van der Waals surface area contributed by atoms with Crippen molar-refractivity contribution >= 4 is 17.0 Å². The van der Waals surface area contributed by atoms with Crippen LogP contribution in [-0.4, -0.2) is 22.3 Å². The van der Waals surface area contributed by atoms with Crippen LogP contribution in [0.4, 0.5) is 14.7 Å². The summed E-state index contributed by atoms with van der Waals surface area (Å²) in [5, 5.41) is 0. The van der Waals surface area contributed by atoms with Gasteiger partial charge in [0.15, 0.2) is 5.82 Å². The predicted octanol–water partition coefficient (Wildman–Crippen LogP) is 2.32. The summed E-state index contributed by atoms with van der Waals surface area (Å²) in [5.41, 5.74) is 6.12. The van der Waals surface area contributed by atoms with Crippen molar-refractivity contribution in [1.29, 1.82) is 0 Å². The fourth-order valence-corrected chi connectivity index (χ4v) is 1.78. The molecule has 0 aliphatic carbocycles. The van der Waals surface area contributed by atoms with Gasteiger partial charge in [0.25, 0.3) is 0 Å². The fraction of sp³-hybridized carbons (Fsp3) is 0.417. The largest absolute Gasteiger partial charge is 0.377 e. The fourth-order valence-electron chi connectivity index (χ4n) is 1.78. The van der Waals surface area contributed by atoms with Crippen LogP contribution in [0.1, 0.15) is 13.8 Å². The Morgan fingerprint density at radius 1 is 1.39 bits per heavy atom. The minimum absolute atomic E-state index is 0.0819. The first kappa shape index (κ1) is 12.8. The van der Waals surface area contributed by atoms with Gasteiger partial charge >= 0.3 is 0 Å². The van der Waals surface area contributed by atoms with E-state index in [0.717, 1.165) is 6.07 Å². The first-order valence-corrected chi connectivity index (χ1v) is 5.71. The highest BCUT2D eigenvalue weighted by atomic mass is 19.1. The Morgan fingerprint density at radius 2 is 2.11 bits per heavy atom. The van der Waals surface area contributed by atoms with Crippen LogP contribution in [0.5, 0.6) is 0 Å². The highest BCUT2D eigenvalue weighted by molar-refractivity contribution is 5.79. The Labute approximate surface area is 103 Å². The molecule has 0 fully saturated rings. The summed E-state index contributed by atoms with van der Waals surface area (Å²) in [6, 6.07) is 2.01. The molecule has 1 aromatic carbocycles. The van der Waals surface area contributed by atoms with E-state index < -0.39 is 11.6 Å². The third-order valence-corrected chi connectivity index (χ3v) is 2.57. The van der Waals surface area contributed by atoms with E-state index in [1.165, 1.54) is 6.07 Å². The number of nitrogen functional groups attached to an aromatic ring is 1. The quantitative estimate of drug-likeness (QED) is 0.912. The van der Waals surface area contributed by atoms with Crippen molar-refractivity contribution in [1.82, 2.24) is 9.55 Å². The number of halogens is 2. The van der Waals surface area contributed by atoms with E-state index in [9.17, 15) is 8.78 Å². The van der Waals surface area contributed by atoms with Crippen LogP contribution in [0.3, 0.4) is 0 Å². The average Bonchev–Trinajstić information content (AvgIpc) is 2.56. The number of benzene rings is 1. The topological polar surface area (TPSA) is 53.1 Å². The third-order valence-electron chi connectivity index (χ3n) is 2.57. The Bertz CT molecular complexity index is 566. The van der Waals surface area contributed by atoms with Gasteiger partial charge in [0.2, 0.25) is 5.95 Å². The van der Waals surface area contributed by atoms with Gasteiger partial charge in [-0.2, -0.15) is 0 Å². The van der Waals surface area contributed by atoms with Gasteiger partial charge in [0, 0.05) is 18.7 Å². The molecule has 0 saturated heterocycles. The van der Waals surface area contributed by atoms with Crippen LogP contribution in [-0.2, 0) is 11.3 Å². The minimum Gasteiger partial charge on any atom is -0.377 e. The molecule has 0 bridgehead atoms. The van der Waals surface area contributed by atoms with Crippen LogP contribution in [0.25, 0.3) is 11.0 Å². The lowest BCUT2D eigenvalue weighted by molar-refractivity contribution is 0.0735. The number of nitrogens with two attached hydrogens (primary N) is 1. The molecular weight excluding hydrogens is 240 g/mol. The van der Waals surface area contributed by atoms with E-state index in [0.29, 0.717) is 18.7 Å². The number of anilines is 1. The molecule has 0 saturated carbocycles. The van der Waals surface area contributed by atoms with Crippen LogP contribution in [0, 0.1) is 11.6 Å². The van der Waals surface area contributed by atoms with Gasteiger partial charge in [-0.15, -0.1) is 0 Å². The summed E-state index contributed by atoms with van der Waals surface area (Å²) < 4.78 is 33.6. The smallest absolute Gasteiger partial charge is 0.201 e. The van der Waals surface area contributed by atoms with E-state index in [-0.39, 0.29) is 17.6 Å². The molecule has 0 amide bonds. The summed E-state index contributed by atoms with van der Waals surface area (Å²) >= 11 is 0. The molecule has 18 heavy (non-hydrogen) atoms. The number of hydrogen-bond acceptors (Lipinski definition) is 3. The summed E-state index contributed by atoms with van der Waals surface area (Å²) in [6.07, 6.45) is 0.0921. The highest BCUT2D eigenvalue weighted by Crippen LogP contribution is 2.22. The molecule has 1 heterocycles. The molecule has 0 aliphatic heterocycles. The van der Waals surface area contributed by atoms with Crippen molar-refractivity contribution < 1.29 is 13.5 Å². The number of rotatable bonds is 4. The summed E-state index contributed by atoms with van der Waals surface area (Å²) in [5.74, 6) is -1.20. The van der Waals surface area contributed by atoms with Gasteiger partial charge in [0.05, 0.1) is 18.2 Å². The maximum absolute atomic E-state index is 13.5. The number of imidazole rings is 1. The Morgan fingerprint density at radius 3 is 2.78 bits per heavy atom. The maximum Gasteiger partial charge on any atom is 0.201 e. The van der Waals surface area contributed by atoms with Crippen molar-refractivity contribution in [2.45, 2.75) is 26.5 Å². The van der Waals surface area contributed by atoms with Crippen LogP contribution < -0.4 is 5.73 Å². The SMILES string of the molecule is CC(C)OCCn1c(N)nc2c(F)cc(F)cc21. The number of hydrogen-bond donors (Lipinski definition) is 1. The van der Waals surface area contributed by atoms with Gasteiger partial charge in [-0.25, -0.2) is 13.8 Å². The zero-order valence-electron chi connectivity index (χ0n) is 10.3. The van der Waals surface area contributed by atoms with Crippen LogP contribution in [0.15, 0.2) is 12.1 Å². The first-order valence-electron chi connectivity index (χ1n) is 5.71. The third kappa shape index (κ3) is 2.43. The average molecular weight is 255 g/mol. The van der Waals surface area contributed by atoms with Crippen molar-refractivity contribution in [2.24, 2.45) is 0 Å². The molecule has 2 N–H and O–H groups in total. The van der Waals surface area contributed by atoms with Crippen LogP contribution in [0.2, 0.25) is 0 Å². The summed E-state index contributed by atoms with van der Waals surface area (Å²) in [6.45, 7) is 4.64. The van der Waals surface area contributed by atoms with Gasteiger partial charge < -0.3 is 15.0 Å². The van der Waals surface area contributed by atoms with E-state index >= 15 is 0 Å². The van der Waals surface area contributed by atoms with Gasteiger partial charge in [0.1, 0.15) is 11.3 Å². The molecule has 98 valence electrons. The number of fused-ring (bicyclic) bond motifs is 1. The molecule has 2 rings (SSSR count). The van der Waals surface area contributed by atoms with Crippen molar-refractivity contribution in [3.8, 4) is 0 Å². The molecule has 4 nitrogen and oxygen atoms in total. The number of nitrogens with zero attached hydrogens (tertiary/aromatic N) is 2. The van der Waals surface area contributed by atoms with Crippen LogP contribution >= 0.6 is 0 Å². The lowest BCUT2D eigenvalue weighted by Gasteiger charge is -2.09. The highest BCUT2D eigenvalue weighted by Gasteiger charge is 2.13. The molecule has 2 aromatic rings. The lowest BCUT2D eigenvalue weighted by Crippen LogP contribution is -2.12. The van der Waals surface area contributed by atoms with E-state index in [1.807, 2.05) is 13.8 Å². The van der Waals surface area contributed by atoms with Crippen molar-refractivity contribution in [2.75, 3.05) is 12.3 Å². The van der Waals surface area contributed by atoms with E-state index in [4.69, 9.17) is 10.5 Å². The Hall–Kier alpha value is -1.69. The second-order valence-corrected chi connectivity index (χ2v) is 4.30. The normalized spacial score (nSPS) is 11.6. The zero-order chi connectivity index (χ0) is 13.3. The lowest BCUT2D eigenvalue weighted by atomic mass is 10.3. The maximum atomic E-state index is 13.5. The standard InChI is InChI=1S/C12H15F2N3O/c1-7(2)18-4-3-17-10-6-8(13)5-9(14)11(10)16-12(17)15/h5-7H,3-4H2,1-2H3,(H2,15,16). The van der Waals surface area contributed by atoms with Crippen molar-refractivity contribution in [3.05, 3.63) is 23.8 Å². The monoisotopic (exact) mass is 255 g/mol. The molecule has 0 aliphatic rings. The molecular formula is C12H15F2N3O. The molecule has 0 spiro atoms. The first-order chi connectivity index (χ1) is 8.49. The van der Waals surface area contributed by atoms with E-state index in [1.54, 1.807) is 4.57 Å². The second-order valence-electron chi connectivity index (χ2n) is 4.30. The molecule has 0 unspecified atom stereocenters. The van der Waals surface area contributed by atoms with E-state index in [2.05, 4.69) is 4.98 Å². The molecule has 0 atom stereocenters. The zero-order valence-corrected chi connectivity index (χ0v) is 10.3. The minimum atomic E-state index is -0.708. The van der Waals surface area contributed by atoms with Gasteiger partial charge in [-0.3, -0.25) is 0 Å².